The van der Waals surface area contributed by atoms with Gasteiger partial charge in [0.15, 0.2) is 17.6 Å². The van der Waals surface area contributed by atoms with Gasteiger partial charge in [0.05, 0.1) is 18.1 Å². The average Bonchev–Trinajstić information content (AvgIpc) is 3.51. The van der Waals surface area contributed by atoms with E-state index in [0.717, 1.165) is 49.8 Å². The maximum atomic E-state index is 14.0. The second-order valence-electron chi connectivity index (χ2n) is 15.3. The maximum absolute atomic E-state index is 14.0. The number of unbranched alkanes of at least 4 members (excludes halogenated alkanes) is 11. The van der Waals surface area contributed by atoms with Gasteiger partial charge in [-0.2, -0.15) is 0 Å². The number of benzene rings is 2. The average molecular weight is 714 g/mol. The van der Waals surface area contributed by atoms with E-state index in [1.165, 1.54) is 44.9 Å². The number of rotatable bonds is 20. The Morgan fingerprint density at radius 1 is 0.962 bits per heavy atom. The second kappa shape index (κ2) is 17.5. The van der Waals surface area contributed by atoms with Crippen LogP contribution in [0.3, 0.4) is 0 Å². The zero-order chi connectivity index (χ0) is 36.6. The van der Waals surface area contributed by atoms with Crippen molar-refractivity contribution in [2.75, 3.05) is 20.7 Å². The van der Waals surface area contributed by atoms with Gasteiger partial charge in [-0.25, -0.2) is 4.79 Å². The van der Waals surface area contributed by atoms with E-state index >= 15 is 0 Å². The van der Waals surface area contributed by atoms with Gasteiger partial charge in [0.1, 0.15) is 5.76 Å². The Bertz CT molecular complexity index is 1590. The fraction of sp³-hybridized carbons (Fsp3) is 0.591. The minimum Gasteiger partial charge on any atom is -0.493 e. The molecule has 8 heteroatoms. The topological polar surface area (TPSA) is 94.5 Å². The predicted octanol–water partition coefficient (Wildman–Crippen LogP) is 8.84. The van der Waals surface area contributed by atoms with E-state index < -0.39 is 35.2 Å². The molecule has 2 aromatic carbocycles. The number of hydrogen-bond acceptors (Lipinski definition) is 8. The monoisotopic (exact) mass is 713 g/mol. The summed E-state index contributed by atoms with van der Waals surface area (Å²) < 4.78 is 24.4. The molecule has 1 saturated heterocycles. The van der Waals surface area contributed by atoms with Crippen LogP contribution in [0.25, 0.3) is 0 Å². The number of ether oxygens (including phenoxy) is 4. The van der Waals surface area contributed by atoms with Gasteiger partial charge < -0.3 is 29.0 Å². The SMILES string of the molecule is CCCCCCCC/C=C\CCCCCCCC(=O)OC(C(=O)OC1=CC[C@@]2(O)[C@H]3Cc4ccc(OC)c5c4[C@@]2(CCN3C)[C@H]1O5)c1ccccc1. The number of piperidine rings is 1. The predicted molar refractivity (Wildman–Crippen MR) is 202 cm³/mol. The third kappa shape index (κ3) is 7.70. The van der Waals surface area contributed by atoms with Crippen LogP contribution in [0.1, 0.15) is 132 Å². The van der Waals surface area contributed by atoms with Gasteiger partial charge in [-0.3, -0.25) is 4.79 Å². The van der Waals surface area contributed by atoms with E-state index in [1.807, 2.05) is 24.3 Å². The lowest BCUT2D eigenvalue weighted by Gasteiger charge is -2.61. The van der Waals surface area contributed by atoms with Gasteiger partial charge >= 0.3 is 11.9 Å². The lowest BCUT2D eigenvalue weighted by Crippen LogP contribution is -2.74. The van der Waals surface area contributed by atoms with Crippen LogP contribution in [0.15, 0.2) is 66.5 Å². The van der Waals surface area contributed by atoms with Crippen molar-refractivity contribution in [2.45, 2.75) is 145 Å². The van der Waals surface area contributed by atoms with Crippen molar-refractivity contribution in [1.82, 2.24) is 4.90 Å². The summed E-state index contributed by atoms with van der Waals surface area (Å²) in [5, 5.41) is 12.5. The number of methoxy groups -OCH3 is 1. The summed E-state index contributed by atoms with van der Waals surface area (Å²) >= 11 is 0. The first-order valence-electron chi connectivity index (χ1n) is 19.9. The molecule has 0 amide bonds. The van der Waals surface area contributed by atoms with Crippen LogP contribution in [-0.4, -0.2) is 60.4 Å². The number of nitrogens with zero attached hydrogens (tertiary/aromatic N) is 1. The van der Waals surface area contributed by atoms with Crippen LogP contribution < -0.4 is 9.47 Å². The first-order valence-corrected chi connectivity index (χ1v) is 19.9. The third-order valence-corrected chi connectivity index (χ3v) is 12.0. The smallest absolute Gasteiger partial charge is 0.357 e. The van der Waals surface area contributed by atoms with E-state index in [9.17, 15) is 14.7 Å². The number of likely N-dealkylation sites (N-methyl/N-ethyl adjacent to an activating group) is 1. The largest absolute Gasteiger partial charge is 0.493 e. The summed E-state index contributed by atoms with van der Waals surface area (Å²) in [5.41, 5.74) is 0.734. The van der Waals surface area contributed by atoms with Crippen molar-refractivity contribution in [3.63, 3.8) is 0 Å². The highest BCUT2D eigenvalue weighted by Gasteiger charge is 2.72. The highest BCUT2D eigenvalue weighted by atomic mass is 16.6. The van der Waals surface area contributed by atoms with E-state index in [4.69, 9.17) is 18.9 Å². The van der Waals surface area contributed by atoms with Crippen molar-refractivity contribution in [3.8, 4) is 11.5 Å². The molecule has 5 atom stereocenters. The Morgan fingerprint density at radius 3 is 2.37 bits per heavy atom. The summed E-state index contributed by atoms with van der Waals surface area (Å²) in [6, 6.07) is 12.9. The fourth-order valence-electron chi connectivity index (χ4n) is 9.17. The van der Waals surface area contributed by atoms with Gasteiger partial charge in [0.25, 0.3) is 0 Å². The number of esters is 2. The Hall–Kier alpha value is -3.62. The van der Waals surface area contributed by atoms with E-state index in [-0.39, 0.29) is 12.5 Å². The highest BCUT2D eigenvalue weighted by molar-refractivity contribution is 5.82. The number of hydrogen-bond donors (Lipinski definition) is 1. The zero-order valence-electron chi connectivity index (χ0n) is 31.6. The molecule has 2 aliphatic carbocycles. The van der Waals surface area contributed by atoms with Gasteiger partial charge in [0, 0.05) is 30.0 Å². The van der Waals surface area contributed by atoms with Crippen LogP contribution in [0.4, 0.5) is 0 Å². The molecule has 2 aromatic rings. The van der Waals surface area contributed by atoms with Gasteiger partial charge in [0.2, 0.25) is 6.10 Å². The van der Waals surface area contributed by atoms with E-state index in [2.05, 4.69) is 37.1 Å². The summed E-state index contributed by atoms with van der Waals surface area (Å²) in [6.45, 7) is 3.02. The number of likely N-dealkylation sites (tertiary alicyclic amines) is 1. The molecule has 2 bridgehead atoms. The van der Waals surface area contributed by atoms with Gasteiger partial charge in [-0.05, 0) is 76.2 Å². The summed E-state index contributed by atoms with van der Waals surface area (Å²) in [7, 11) is 3.67. The molecule has 1 N–H and O–H groups in total. The molecule has 0 aromatic heterocycles. The molecule has 6 rings (SSSR count). The molecule has 52 heavy (non-hydrogen) atoms. The Morgan fingerprint density at radius 2 is 1.65 bits per heavy atom. The number of carbonyl (C=O) groups excluding carboxylic acids is 2. The first-order chi connectivity index (χ1) is 25.3. The Labute approximate surface area is 310 Å². The molecule has 2 aliphatic heterocycles. The lowest BCUT2D eigenvalue weighted by molar-refractivity contribution is -0.176. The third-order valence-electron chi connectivity index (χ3n) is 12.0. The van der Waals surface area contributed by atoms with Crippen molar-refractivity contribution in [1.29, 1.82) is 0 Å². The molecule has 0 radical (unpaired) electrons. The quantitative estimate of drug-likeness (QED) is 0.0827. The second-order valence-corrected chi connectivity index (χ2v) is 15.3. The molecule has 8 nitrogen and oxygen atoms in total. The molecule has 282 valence electrons. The molecule has 0 saturated carbocycles. The minimum absolute atomic E-state index is 0.109. The summed E-state index contributed by atoms with van der Waals surface area (Å²) in [5.74, 6) is 0.460. The number of allylic oxidation sites excluding steroid dienone is 2. The number of carbonyl (C=O) groups is 2. The van der Waals surface area contributed by atoms with Crippen molar-refractivity contribution >= 4 is 11.9 Å². The van der Waals surface area contributed by atoms with E-state index in [1.54, 1.807) is 25.3 Å². The molecular weight excluding hydrogens is 654 g/mol. The van der Waals surface area contributed by atoms with Crippen LogP contribution >= 0.6 is 0 Å². The highest BCUT2D eigenvalue weighted by Crippen LogP contribution is 2.65. The van der Waals surface area contributed by atoms with E-state index in [0.29, 0.717) is 48.5 Å². The minimum atomic E-state index is -1.22. The van der Waals surface area contributed by atoms with Gasteiger partial charge in [-0.15, -0.1) is 0 Å². The molecule has 1 spiro atoms. The van der Waals surface area contributed by atoms with Crippen LogP contribution in [0.2, 0.25) is 0 Å². The van der Waals surface area contributed by atoms with Crippen molar-refractivity contribution in [3.05, 3.63) is 83.1 Å². The summed E-state index contributed by atoms with van der Waals surface area (Å²) in [4.78, 5) is 29.4. The zero-order valence-corrected chi connectivity index (χ0v) is 31.6. The lowest BCUT2D eigenvalue weighted by atomic mass is 9.50. The standard InChI is InChI=1S/C44H59NO7/c1-4-5-6-7-8-9-10-11-12-13-14-15-16-17-21-24-37(46)51-39(32-22-19-18-20-23-32)42(47)50-35-27-28-44(48)36-31-33-25-26-34(49-3)40-38(33)43(44,41(35)52-40)29-30-45(36)2/h11-12,18-20,22-23,25-27,36,39,41,48H,4-10,13-17,21,24,28-31H2,1-3H3/b12-11-/t36-,39?,41+,43+,44-/m1/s1. The van der Waals surface area contributed by atoms with Crippen molar-refractivity contribution in [2.24, 2.45) is 0 Å². The Kier molecular flexibility index (Phi) is 12.8. The maximum Gasteiger partial charge on any atom is 0.357 e. The van der Waals surface area contributed by atoms with Crippen LogP contribution in [-0.2, 0) is 30.9 Å². The number of aliphatic hydroxyl groups is 1. The Balaban J connectivity index is 1.03. The molecule has 1 fully saturated rings. The van der Waals surface area contributed by atoms with Gasteiger partial charge in [-0.1, -0.05) is 107 Å². The molecule has 1 unspecified atom stereocenters. The van der Waals surface area contributed by atoms with Crippen LogP contribution in [0.5, 0.6) is 11.5 Å². The van der Waals surface area contributed by atoms with Crippen molar-refractivity contribution < 1.29 is 33.6 Å². The molecule has 2 heterocycles. The summed E-state index contributed by atoms with van der Waals surface area (Å²) in [6.07, 6.45) is 21.7. The molecule has 4 aliphatic rings. The first kappa shape index (κ1) is 38.1. The fourth-order valence-corrected chi connectivity index (χ4v) is 9.17. The molecular formula is C44H59NO7. The van der Waals surface area contributed by atoms with Crippen LogP contribution in [0, 0.1) is 0 Å². The normalized spacial score (nSPS) is 24.9.